The molecule has 1 aromatic carbocycles. The smallest absolute Gasteiger partial charge is 0.488 e. The van der Waals surface area contributed by atoms with Crippen molar-refractivity contribution in [2.75, 3.05) is 26.2 Å². The summed E-state index contributed by atoms with van der Waals surface area (Å²) in [6.07, 6.45) is 0. The molecule has 0 fully saturated rings. The van der Waals surface area contributed by atoms with E-state index in [2.05, 4.69) is 32.6 Å². The van der Waals surface area contributed by atoms with E-state index in [1.165, 1.54) is 0 Å². The lowest BCUT2D eigenvalue weighted by Gasteiger charge is -2.26. The summed E-state index contributed by atoms with van der Waals surface area (Å²) < 4.78 is 5.73. The second-order valence-electron chi connectivity index (χ2n) is 6.34. The molecule has 0 aromatic heterocycles. The molecule has 5 heteroatoms. The van der Waals surface area contributed by atoms with Gasteiger partial charge in [-0.15, -0.1) is 0 Å². The monoisotopic (exact) mass is 293 g/mol. The number of hydrogen-bond acceptors (Lipinski definition) is 4. The van der Waals surface area contributed by atoms with Crippen molar-refractivity contribution in [3.63, 3.8) is 0 Å². The molecule has 0 aliphatic rings. The van der Waals surface area contributed by atoms with Gasteiger partial charge in [-0.05, 0) is 29.4 Å². The van der Waals surface area contributed by atoms with Gasteiger partial charge in [-0.2, -0.15) is 0 Å². The largest absolute Gasteiger partial charge is 0.492 e. The van der Waals surface area contributed by atoms with E-state index in [0.717, 1.165) is 19.6 Å². The topological polar surface area (TPSA) is 52.9 Å². The highest BCUT2D eigenvalue weighted by Gasteiger charge is 2.12. The molecule has 1 aromatic rings. The molecule has 0 unspecified atom stereocenters. The van der Waals surface area contributed by atoms with Crippen LogP contribution in [-0.4, -0.2) is 48.3 Å². The molecule has 0 spiro atoms. The summed E-state index contributed by atoms with van der Waals surface area (Å²) >= 11 is 0. The lowest BCUT2D eigenvalue weighted by molar-refractivity contribution is 0.177. The van der Waals surface area contributed by atoms with Crippen LogP contribution >= 0.6 is 0 Å². The summed E-state index contributed by atoms with van der Waals surface area (Å²) in [5.74, 6) is 1.95. The molecule has 4 nitrogen and oxygen atoms in total. The van der Waals surface area contributed by atoms with Crippen molar-refractivity contribution in [1.29, 1.82) is 0 Å². The second-order valence-corrected chi connectivity index (χ2v) is 6.34. The van der Waals surface area contributed by atoms with Crippen LogP contribution in [0.5, 0.6) is 5.75 Å². The standard InChI is InChI=1S/C16H28BNO3/c1-13(2)11-18(12-14(3)4)8-9-21-16-7-5-6-15(10-16)17(19)20/h5-7,10,13-14,19-20H,8-9,11-12H2,1-4H3. The Balaban J connectivity index is 2.47. The Morgan fingerprint density at radius 1 is 1.10 bits per heavy atom. The third-order valence-corrected chi connectivity index (χ3v) is 3.08. The van der Waals surface area contributed by atoms with Crippen molar-refractivity contribution in [1.82, 2.24) is 4.90 Å². The van der Waals surface area contributed by atoms with Crippen molar-refractivity contribution in [2.45, 2.75) is 27.7 Å². The molecular formula is C16H28BNO3. The van der Waals surface area contributed by atoms with Gasteiger partial charge in [-0.1, -0.05) is 39.8 Å². The number of rotatable bonds is 9. The van der Waals surface area contributed by atoms with Crippen molar-refractivity contribution in [2.24, 2.45) is 11.8 Å². The van der Waals surface area contributed by atoms with E-state index in [9.17, 15) is 0 Å². The fourth-order valence-electron chi connectivity index (χ4n) is 2.35. The van der Waals surface area contributed by atoms with Crippen LogP contribution in [0.4, 0.5) is 0 Å². The number of hydrogen-bond donors (Lipinski definition) is 2. The van der Waals surface area contributed by atoms with Gasteiger partial charge in [-0.3, -0.25) is 4.90 Å². The van der Waals surface area contributed by atoms with E-state index < -0.39 is 7.12 Å². The van der Waals surface area contributed by atoms with Crippen molar-refractivity contribution < 1.29 is 14.8 Å². The number of ether oxygens (including phenoxy) is 1. The fourth-order valence-corrected chi connectivity index (χ4v) is 2.35. The highest BCUT2D eigenvalue weighted by molar-refractivity contribution is 6.58. The Morgan fingerprint density at radius 3 is 2.24 bits per heavy atom. The molecule has 0 heterocycles. The minimum Gasteiger partial charge on any atom is -0.492 e. The van der Waals surface area contributed by atoms with E-state index in [0.29, 0.717) is 29.7 Å². The molecule has 0 aliphatic heterocycles. The minimum absolute atomic E-state index is 0.453. The van der Waals surface area contributed by atoms with Gasteiger partial charge in [0.15, 0.2) is 0 Å². The van der Waals surface area contributed by atoms with Gasteiger partial charge in [0.05, 0.1) is 0 Å². The maximum atomic E-state index is 9.15. The first-order chi connectivity index (χ1) is 9.88. The molecule has 21 heavy (non-hydrogen) atoms. The van der Waals surface area contributed by atoms with E-state index >= 15 is 0 Å². The van der Waals surface area contributed by atoms with Crippen LogP contribution in [0.25, 0.3) is 0 Å². The zero-order valence-electron chi connectivity index (χ0n) is 13.6. The molecule has 118 valence electrons. The average Bonchev–Trinajstić information content (AvgIpc) is 2.37. The predicted octanol–water partition coefficient (Wildman–Crippen LogP) is 1.36. The Kier molecular flexibility index (Phi) is 7.79. The summed E-state index contributed by atoms with van der Waals surface area (Å²) in [5.41, 5.74) is 0.453. The fraction of sp³-hybridized carbons (Fsp3) is 0.625. The van der Waals surface area contributed by atoms with Crippen LogP contribution in [0, 0.1) is 11.8 Å². The molecule has 0 aliphatic carbocycles. The lowest BCUT2D eigenvalue weighted by Crippen LogP contribution is -2.35. The second kappa shape index (κ2) is 9.08. The van der Waals surface area contributed by atoms with Gasteiger partial charge in [0.2, 0.25) is 0 Å². The maximum Gasteiger partial charge on any atom is 0.488 e. The Bertz CT molecular complexity index is 400. The summed E-state index contributed by atoms with van der Waals surface area (Å²) in [7, 11) is -1.45. The molecule has 0 saturated heterocycles. The average molecular weight is 293 g/mol. The summed E-state index contributed by atoms with van der Waals surface area (Å²) in [6, 6.07) is 6.94. The third kappa shape index (κ3) is 7.51. The summed E-state index contributed by atoms with van der Waals surface area (Å²) in [5, 5.41) is 18.3. The zero-order chi connectivity index (χ0) is 15.8. The minimum atomic E-state index is -1.45. The van der Waals surface area contributed by atoms with E-state index in [1.54, 1.807) is 18.2 Å². The first-order valence-corrected chi connectivity index (χ1v) is 7.69. The molecule has 0 radical (unpaired) electrons. The maximum absolute atomic E-state index is 9.15. The molecule has 1 rings (SSSR count). The highest BCUT2D eigenvalue weighted by atomic mass is 16.5. The molecular weight excluding hydrogens is 265 g/mol. The zero-order valence-corrected chi connectivity index (χ0v) is 13.6. The molecule has 0 amide bonds. The molecule has 0 atom stereocenters. The van der Waals surface area contributed by atoms with Gasteiger partial charge in [0.1, 0.15) is 12.4 Å². The summed E-state index contributed by atoms with van der Waals surface area (Å²) in [6.45, 7) is 12.5. The summed E-state index contributed by atoms with van der Waals surface area (Å²) in [4.78, 5) is 2.42. The third-order valence-electron chi connectivity index (χ3n) is 3.08. The SMILES string of the molecule is CC(C)CN(CCOc1cccc(B(O)O)c1)CC(C)C. The van der Waals surface area contributed by atoms with Crippen molar-refractivity contribution in [3.05, 3.63) is 24.3 Å². The highest BCUT2D eigenvalue weighted by Crippen LogP contribution is 2.09. The van der Waals surface area contributed by atoms with Crippen LogP contribution in [0.2, 0.25) is 0 Å². The van der Waals surface area contributed by atoms with E-state index in [1.807, 2.05) is 6.07 Å². The van der Waals surface area contributed by atoms with Gasteiger partial charge in [0.25, 0.3) is 0 Å². The quantitative estimate of drug-likeness (QED) is 0.675. The lowest BCUT2D eigenvalue weighted by atomic mass is 9.80. The Hall–Kier alpha value is -1.04. The van der Waals surface area contributed by atoms with Crippen LogP contribution in [-0.2, 0) is 0 Å². The Morgan fingerprint density at radius 2 is 1.71 bits per heavy atom. The first kappa shape index (κ1) is 18.0. The van der Waals surface area contributed by atoms with Gasteiger partial charge in [0, 0.05) is 19.6 Å². The van der Waals surface area contributed by atoms with E-state index in [4.69, 9.17) is 14.8 Å². The van der Waals surface area contributed by atoms with E-state index in [-0.39, 0.29) is 0 Å². The molecule has 0 bridgehead atoms. The van der Waals surface area contributed by atoms with Gasteiger partial charge in [-0.25, -0.2) is 0 Å². The van der Waals surface area contributed by atoms with Crippen molar-refractivity contribution in [3.8, 4) is 5.75 Å². The predicted molar refractivity (Wildman–Crippen MR) is 87.9 cm³/mol. The normalized spacial score (nSPS) is 11.5. The van der Waals surface area contributed by atoms with Crippen molar-refractivity contribution >= 4 is 12.6 Å². The van der Waals surface area contributed by atoms with Crippen LogP contribution in [0.3, 0.4) is 0 Å². The molecule has 2 N–H and O–H groups in total. The first-order valence-electron chi connectivity index (χ1n) is 7.69. The van der Waals surface area contributed by atoms with Gasteiger partial charge < -0.3 is 14.8 Å². The van der Waals surface area contributed by atoms with Crippen LogP contribution < -0.4 is 10.2 Å². The number of nitrogens with zero attached hydrogens (tertiary/aromatic N) is 1. The molecule has 0 saturated carbocycles. The van der Waals surface area contributed by atoms with Crippen LogP contribution in [0.1, 0.15) is 27.7 Å². The van der Waals surface area contributed by atoms with Crippen LogP contribution in [0.15, 0.2) is 24.3 Å². The number of benzene rings is 1. The van der Waals surface area contributed by atoms with Gasteiger partial charge >= 0.3 is 7.12 Å². The Labute approximate surface area is 128 Å².